The molecule has 0 fully saturated rings. The molecule has 7 nitrogen and oxygen atoms in total. The molecule has 0 aromatic heterocycles. The van der Waals surface area contributed by atoms with E-state index >= 15 is 0 Å². The summed E-state index contributed by atoms with van der Waals surface area (Å²) in [5.74, 6) is -1.43. The van der Waals surface area contributed by atoms with Crippen LogP contribution in [0.2, 0.25) is 0 Å². The SMILES string of the molecule is CC(C)C[C@H](CNC(=O)OCC1c2ccccc2-c2ccccc21)CC(=O)N[C@H](C(=O)O)C(C)C. The average molecular weight is 481 g/mol. The normalized spacial score (nSPS) is 14.2. The van der Waals surface area contributed by atoms with Crippen molar-refractivity contribution in [3.05, 3.63) is 59.7 Å². The predicted molar refractivity (Wildman–Crippen MR) is 135 cm³/mol. The second-order valence-electron chi connectivity index (χ2n) is 10.0. The molecule has 0 saturated heterocycles. The first-order valence-corrected chi connectivity index (χ1v) is 12.3. The quantitative estimate of drug-likeness (QED) is 0.428. The van der Waals surface area contributed by atoms with Gasteiger partial charge in [0, 0.05) is 18.9 Å². The fourth-order valence-corrected chi connectivity index (χ4v) is 4.79. The van der Waals surface area contributed by atoms with Crippen molar-refractivity contribution >= 4 is 18.0 Å². The van der Waals surface area contributed by atoms with Crippen molar-refractivity contribution in [3.8, 4) is 11.1 Å². The molecule has 188 valence electrons. The summed E-state index contributed by atoms with van der Waals surface area (Å²) in [6, 6.07) is 15.4. The molecule has 3 N–H and O–H groups in total. The largest absolute Gasteiger partial charge is 0.480 e. The van der Waals surface area contributed by atoms with E-state index in [-0.39, 0.29) is 43.2 Å². The summed E-state index contributed by atoms with van der Waals surface area (Å²) in [5, 5.41) is 14.7. The molecular weight excluding hydrogens is 444 g/mol. The summed E-state index contributed by atoms with van der Waals surface area (Å²) in [6.45, 7) is 8.11. The first kappa shape index (κ1) is 26.3. The summed E-state index contributed by atoms with van der Waals surface area (Å²) < 4.78 is 5.60. The van der Waals surface area contributed by atoms with Crippen molar-refractivity contribution in [2.45, 2.75) is 52.5 Å². The Bertz CT molecular complexity index is 1000. The molecule has 1 aliphatic carbocycles. The molecule has 7 heteroatoms. The highest BCUT2D eigenvalue weighted by Gasteiger charge is 2.29. The van der Waals surface area contributed by atoms with Gasteiger partial charge in [-0.2, -0.15) is 0 Å². The lowest BCUT2D eigenvalue weighted by Crippen LogP contribution is -2.45. The fraction of sp³-hybridized carbons (Fsp3) is 0.464. The summed E-state index contributed by atoms with van der Waals surface area (Å²) in [7, 11) is 0. The number of nitrogens with one attached hydrogen (secondary N) is 2. The van der Waals surface area contributed by atoms with Gasteiger partial charge in [-0.05, 0) is 46.4 Å². The summed E-state index contributed by atoms with van der Waals surface area (Å²) in [6.07, 6.45) is 0.334. The van der Waals surface area contributed by atoms with Crippen LogP contribution >= 0.6 is 0 Å². The second kappa shape index (κ2) is 11.9. The number of carbonyl (C=O) groups is 3. The molecule has 0 bridgehead atoms. The van der Waals surface area contributed by atoms with Gasteiger partial charge in [0.05, 0.1) is 0 Å². The van der Waals surface area contributed by atoms with Crippen LogP contribution in [0.5, 0.6) is 0 Å². The van der Waals surface area contributed by atoms with E-state index < -0.39 is 18.1 Å². The van der Waals surface area contributed by atoms with Gasteiger partial charge in [-0.25, -0.2) is 9.59 Å². The van der Waals surface area contributed by atoms with E-state index in [0.29, 0.717) is 5.92 Å². The lowest BCUT2D eigenvalue weighted by atomic mass is 9.93. The average Bonchev–Trinajstić information content (AvgIpc) is 3.12. The maximum absolute atomic E-state index is 12.5. The Morgan fingerprint density at radius 2 is 1.51 bits per heavy atom. The highest BCUT2D eigenvalue weighted by atomic mass is 16.5. The van der Waals surface area contributed by atoms with E-state index in [9.17, 15) is 19.5 Å². The Morgan fingerprint density at radius 3 is 2.03 bits per heavy atom. The third kappa shape index (κ3) is 6.84. The van der Waals surface area contributed by atoms with Gasteiger partial charge in [0.15, 0.2) is 0 Å². The molecule has 2 amide bonds. The number of alkyl carbamates (subject to hydrolysis) is 1. The van der Waals surface area contributed by atoms with Crippen molar-refractivity contribution in [3.63, 3.8) is 0 Å². The topological polar surface area (TPSA) is 105 Å². The smallest absolute Gasteiger partial charge is 0.407 e. The van der Waals surface area contributed by atoms with Crippen LogP contribution in [-0.4, -0.2) is 42.3 Å². The molecule has 35 heavy (non-hydrogen) atoms. The molecule has 0 saturated carbocycles. The first-order chi connectivity index (χ1) is 16.7. The van der Waals surface area contributed by atoms with Gasteiger partial charge >= 0.3 is 12.1 Å². The van der Waals surface area contributed by atoms with Crippen molar-refractivity contribution in [2.24, 2.45) is 17.8 Å². The van der Waals surface area contributed by atoms with Gasteiger partial charge in [0.25, 0.3) is 0 Å². The Morgan fingerprint density at radius 1 is 0.943 bits per heavy atom. The number of ether oxygens (including phenoxy) is 1. The number of rotatable bonds is 11. The predicted octanol–water partition coefficient (Wildman–Crippen LogP) is 4.80. The number of carbonyl (C=O) groups excluding carboxylic acids is 2. The molecule has 3 rings (SSSR count). The van der Waals surface area contributed by atoms with Crippen LogP contribution in [0.25, 0.3) is 11.1 Å². The van der Waals surface area contributed by atoms with Crippen LogP contribution in [-0.2, 0) is 14.3 Å². The summed E-state index contributed by atoms with van der Waals surface area (Å²) in [4.78, 5) is 36.5. The van der Waals surface area contributed by atoms with Gasteiger partial charge in [0.2, 0.25) is 5.91 Å². The summed E-state index contributed by atoms with van der Waals surface area (Å²) >= 11 is 0. The number of amides is 2. The van der Waals surface area contributed by atoms with Crippen molar-refractivity contribution < 1.29 is 24.2 Å². The molecule has 2 aromatic carbocycles. The Kier molecular flexibility index (Phi) is 8.90. The zero-order valence-electron chi connectivity index (χ0n) is 20.9. The van der Waals surface area contributed by atoms with Gasteiger partial charge < -0.3 is 20.5 Å². The van der Waals surface area contributed by atoms with E-state index in [1.54, 1.807) is 13.8 Å². The van der Waals surface area contributed by atoms with E-state index in [1.165, 1.54) is 11.1 Å². The zero-order chi connectivity index (χ0) is 25.5. The van der Waals surface area contributed by atoms with Gasteiger partial charge in [-0.3, -0.25) is 4.79 Å². The number of fused-ring (bicyclic) bond motifs is 3. The number of hydrogen-bond acceptors (Lipinski definition) is 4. The third-order valence-corrected chi connectivity index (χ3v) is 6.41. The van der Waals surface area contributed by atoms with E-state index in [1.807, 2.05) is 38.1 Å². The standard InChI is InChI=1S/C28H36N2O5/c1-17(2)13-19(14-25(31)30-26(18(3)4)27(32)33)15-29-28(34)35-16-24-22-11-7-5-9-20(22)21-10-6-8-12-23(21)24/h5-12,17-19,24,26H,13-16H2,1-4H3,(H,29,34)(H,30,31)(H,32,33)/t19-,26-/m0/s1. The number of carboxylic acid groups (broad SMARTS) is 1. The Hall–Kier alpha value is -3.35. The number of benzene rings is 2. The Labute approximate surface area is 207 Å². The van der Waals surface area contributed by atoms with Crippen molar-refractivity contribution in [2.75, 3.05) is 13.2 Å². The van der Waals surface area contributed by atoms with Crippen LogP contribution in [0.15, 0.2) is 48.5 Å². The number of aliphatic carboxylic acids is 1. The van der Waals surface area contributed by atoms with E-state index in [0.717, 1.165) is 17.5 Å². The molecule has 0 radical (unpaired) electrons. The minimum Gasteiger partial charge on any atom is -0.480 e. The molecule has 2 aromatic rings. The summed E-state index contributed by atoms with van der Waals surface area (Å²) in [5.41, 5.74) is 4.63. The van der Waals surface area contributed by atoms with Gasteiger partial charge in [-0.1, -0.05) is 76.2 Å². The van der Waals surface area contributed by atoms with Crippen molar-refractivity contribution in [1.82, 2.24) is 10.6 Å². The van der Waals surface area contributed by atoms with Crippen LogP contribution in [0.1, 0.15) is 57.6 Å². The maximum atomic E-state index is 12.5. The van der Waals surface area contributed by atoms with Crippen LogP contribution in [0, 0.1) is 17.8 Å². The first-order valence-electron chi connectivity index (χ1n) is 12.3. The van der Waals surface area contributed by atoms with Crippen LogP contribution in [0.3, 0.4) is 0 Å². The minimum absolute atomic E-state index is 0.0191. The zero-order valence-corrected chi connectivity index (χ0v) is 20.9. The minimum atomic E-state index is -1.05. The van der Waals surface area contributed by atoms with Gasteiger partial charge in [0.1, 0.15) is 12.6 Å². The van der Waals surface area contributed by atoms with E-state index in [4.69, 9.17) is 4.74 Å². The Balaban J connectivity index is 1.56. The number of hydrogen-bond donors (Lipinski definition) is 3. The molecule has 0 aliphatic heterocycles. The third-order valence-electron chi connectivity index (χ3n) is 6.41. The molecule has 2 atom stereocenters. The van der Waals surface area contributed by atoms with Crippen molar-refractivity contribution in [1.29, 1.82) is 0 Å². The molecule has 1 aliphatic rings. The van der Waals surface area contributed by atoms with Crippen LogP contribution < -0.4 is 10.6 Å². The number of carboxylic acids is 1. The van der Waals surface area contributed by atoms with Crippen LogP contribution in [0.4, 0.5) is 4.79 Å². The lowest BCUT2D eigenvalue weighted by molar-refractivity contribution is -0.143. The van der Waals surface area contributed by atoms with Gasteiger partial charge in [-0.15, -0.1) is 0 Å². The second-order valence-corrected chi connectivity index (χ2v) is 10.0. The molecular formula is C28H36N2O5. The monoisotopic (exact) mass is 480 g/mol. The fourth-order valence-electron chi connectivity index (χ4n) is 4.79. The maximum Gasteiger partial charge on any atom is 0.407 e. The molecule has 0 unspecified atom stereocenters. The lowest BCUT2D eigenvalue weighted by Gasteiger charge is -2.22. The molecule has 0 spiro atoms. The highest BCUT2D eigenvalue weighted by molar-refractivity contribution is 5.84. The van der Waals surface area contributed by atoms with E-state index in [2.05, 4.69) is 34.9 Å². The highest BCUT2D eigenvalue weighted by Crippen LogP contribution is 2.44. The molecule has 0 heterocycles.